The van der Waals surface area contributed by atoms with Gasteiger partial charge in [0.15, 0.2) is 0 Å². The Balaban J connectivity index is 1.61. The van der Waals surface area contributed by atoms with Crippen molar-refractivity contribution in [2.75, 3.05) is 11.9 Å². The Labute approximate surface area is 141 Å². The fraction of sp³-hybridized carbons (Fsp3) is 0.529. The van der Waals surface area contributed by atoms with Gasteiger partial charge in [-0.1, -0.05) is 13.8 Å². The summed E-state index contributed by atoms with van der Waals surface area (Å²) in [6.45, 7) is 7.96. The van der Waals surface area contributed by atoms with Crippen molar-refractivity contribution in [1.29, 1.82) is 0 Å². The highest BCUT2D eigenvalue weighted by Crippen LogP contribution is 2.48. The van der Waals surface area contributed by atoms with Crippen LogP contribution in [0.3, 0.4) is 0 Å². The van der Waals surface area contributed by atoms with E-state index in [4.69, 9.17) is 0 Å². The normalized spacial score (nSPS) is 24.7. The molecule has 4 rings (SSSR count). The molecule has 1 saturated heterocycles. The second kappa shape index (κ2) is 5.29. The van der Waals surface area contributed by atoms with Gasteiger partial charge in [0, 0.05) is 36.9 Å². The van der Waals surface area contributed by atoms with Crippen molar-refractivity contribution < 1.29 is 4.79 Å². The molecule has 2 aliphatic rings. The second-order valence-corrected chi connectivity index (χ2v) is 7.42. The lowest BCUT2D eigenvalue weighted by molar-refractivity contribution is -0.0331. The lowest BCUT2D eigenvalue weighted by atomic mass is 9.72. The molecule has 4 heterocycles. The quantitative estimate of drug-likeness (QED) is 0.914. The molecule has 0 radical (unpaired) electrons. The number of nitrogens with zero attached hydrogens (tertiary/aromatic N) is 5. The number of aryl methyl sites for hydroxylation is 1. The minimum Gasteiger partial charge on any atom is -0.352 e. The number of anilines is 1. The SMILES string of the molecule is CC1CCn2nc(C(=O)N3CC(C)(C)C3c3ccncc3)nc2N1. The summed E-state index contributed by atoms with van der Waals surface area (Å²) in [6, 6.07) is 4.33. The highest BCUT2D eigenvalue weighted by Gasteiger charge is 2.49. The molecule has 0 bridgehead atoms. The molecule has 2 aromatic rings. The van der Waals surface area contributed by atoms with Crippen LogP contribution in [-0.2, 0) is 6.54 Å². The summed E-state index contributed by atoms with van der Waals surface area (Å²) in [4.78, 5) is 23.3. The van der Waals surface area contributed by atoms with E-state index >= 15 is 0 Å². The highest BCUT2D eigenvalue weighted by atomic mass is 16.2. The minimum absolute atomic E-state index is 0.0282. The summed E-state index contributed by atoms with van der Waals surface area (Å²) >= 11 is 0. The molecule has 7 nitrogen and oxygen atoms in total. The first-order valence-electron chi connectivity index (χ1n) is 8.38. The van der Waals surface area contributed by atoms with Gasteiger partial charge < -0.3 is 10.2 Å². The van der Waals surface area contributed by atoms with Crippen LogP contribution in [0.2, 0.25) is 0 Å². The van der Waals surface area contributed by atoms with Crippen LogP contribution in [0.4, 0.5) is 5.95 Å². The average Bonchev–Trinajstić information content (AvgIpc) is 2.96. The van der Waals surface area contributed by atoms with Gasteiger partial charge in [-0.15, -0.1) is 5.10 Å². The molecule has 2 aromatic heterocycles. The number of nitrogens with one attached hydrogen (secondary N) is 1. The Morgan fingerprint density at radius 1 is 1.33 bits per heavy atom. The molecule has 1 N–H and O–H groups in total. The smallest absolute Gasteiger partial charge is 0.294 e. The number of likely N-dealkylation sites (tertiary alicyclic amines) is 1. The number of rotatable bonds is 2. The van der Waals surface area contributed by atoms with Gasteiger partial charge in [-0.3, -0.25) is 9.78 Å². The summed E-state index contributed by atoms with van der Waals surface area (Å²) in [5.74, 6) is 0.867. The lowest BCUT2D eigenvalue weighted by Crippen LogP contribution is -2.58. The molecule has 0 saturated carbocycles. The second-order valence-electron chi connectivity index (χ2n) is 7.42. The van der Waals surface area contributed by atoms with Crippen LogP contribution in [0.25, 0.3) is 0 Å². The summed E-state index contributed by atoms with van der Waals surface area (Å²) in [5, 5.41) is 7.68. The molecular formula is C17H22N6O. The summed E-state index contributed by atoms with van der Waals surface area (Å²) in [5.41, 5.74) is 1.13. The van der Waals surface area contributed by atoms with Gasteiger partial charge in [-0.05, 0) is 31.0 Å². The number of carbonyl (C=O) groups is 1. The maximum atomic E-state index is 12.9. The van der Waals surface area contributed by atoms with Crippen LogP contribution in [-0.4, -0.2) is 43.1 Å². The number of fused-ring (bicyclic) bond motifs is 1. The number of aromatic nitrogens is 4. The van der Waals surface area contributed by atoms with Crippen LogP contribution >= 0.6 is 0 Å². The van der Waals surface area contributed by atoms with Gasteiger partial charge in [0.05, 0.1) is 6.04 Å². The van der Waals surface area contributed by atoms with Crippen molar-refractivity contribution in [1.82, 2.24) is 24.6 Å². The Bertz CT molecular complexity index is 769. The zero-order chi connectivity index (χ0) is 16.9. The third-order valence-corrected chi connectivity index (χ3v) is 4.92. The fourth-order valence-electron chi connectivity index (χ4n) is 3.72. The third-order valence-electron chi connectivity index (χ3n) is 4.92. The Morgan fingerprint density at radius 3 is 2.79 bits per heavy atom. The van der Waals surface area contributed by atoms with Gasteiger partial charge in [-0.2, -0.15) is 4.98 Å². The van der Waals surface area contributed by atoms with E-state index in [9.17, 15) is 4.79 Å². The van der Waals surface area contributed by atoms with Gasteiger partial charge in [0.1, 0.15) is 0 Å². The van der Waals surface area contributed by atoms with Gasteiger partial charge in [0.2, 0.25) is 11.8 Å². The average molecular weight is 326 g/mol. The molecule has 2 aliphatic heterocycles. The maximum Gasteiger partial charge on any atom is 0.294 e. The first-order chi connectivity index (χ1) is 11.5. The van der Waals surface area contributed by atoms with E-state index in [1.54, 1.807) is 17.1 Å². The predicted octanol–water partition coefficient (Wildman–Crippen LogP) is 2.10. The Kier molecular flexibility index (Phi) is 3.33. The first kappa shape index (κ1) is 15.1. The van der Waals surface area contributed by atoms with Gasteiger partial charge in [-0.25, -0.2) is 4.68 Å². The summed E-state index contributed by atoms with van der Waals surface area (Å²) in [7, 11) is 0. The van der Waals surface area contributed by atoms with Crippen molar-refractivity contribution in [2.24, 2.45) is 5.41 Å². The molecule has 2 unspecified atom stereocenters. The summed E-state index contributed by atoms with van der Waals surface area (Å²) < 4.78 is 1.79. The standard InChI is InChI=1S/C17H22N6O/c1-11-6-9-23-16(19-11)20-14(21-23)15(24)22-10-17(2,3)13(22)12-4-7-18-8-5-12/h4-5,7-8,11,13H,6,9-10H2,1-3H3,(H,19,20,21). The predicted molar refractivity (Wildman–Crippen MR) is 89.5 cm³/mol. The van der Waals surface area contributed by atoms with E-state index in [1.165, 1.54) is 0 Å². The monoisotopic (exact) mass is 326 g/mol. The van der Waals surface area contributed by atoms with Gasteiger partial charge in [0.25, 0.3) is 5.91 Å². The number of hydrogen-bond acceptors (Lipinski definition) is 5. The largest absolute Gasteiger partial charge is 0.352 e. The molecule has 126 valence electrons. The van der Waals surface area contributed by atoms with E-state index in [1.807, 2.05) is 17.0 Å². The Hall–Kier alpha value is -2.44. The number of carbonyl (C=O) groups excluding carboxylic acids is 1. The number of amides is 1. The molecule has 0 aliphatic carbocycles. The van der Waals surface area contributed by atoms with Crippen molar-refractivity contribution in [3.8, 4) is 0 Å². The lowest BCUT2D eigenvalue weighted by Gasteiger charge is -2.54. The fourth-order valence-corrected chi connectivity index (χ4v) is 3.72. The van der Waals surface area contributed by atoms with E-state index in [0.29, 0.717) is 18.5 Å². The van der Waals surface area contributed by atoms with Crippen molar-refractivity contribution >= 4 is 11.9 Å². The summed E-state index contributed by atoms with van der Waals surface area (Å²) in [6.07, 6.45) is 4.52. The van der Waals surface area contributed by atoms with Crippen LogP contribution in [0.5, 0.6) is 0 Å². The van der Waals surface area contributed by atoms with E-state index in [-0.39, 0.29) is 23.2 Å². The molecule has 2 atom stereocenters. The first-order valence-corrected chi connectivity index (χ1v) is 8.38. The van der Waals surface area contributed by atoms with Crippen LogP contribution in [0, 0.1) is 5.41 Å². The van der Waals surface area contributed by atoms with Crippen LogP contribution < -0.4 is 5.32 Å². The third kappa shape index (κ3) is 2.35. The molecule has 0 aromatic carbocycles. The van der Waals surface area contributed by atoms with E-state index < -0.39 is 0 Å². The number of hydrogen-bond donors (Lipinski definition) is 1. The van der Waals surface area contributed by atoms with Gasteiger partial charge >= 0.3 is 0 Å². The van der Waals surface area contributed by atoms with E-state index in [2.05, 4.69) is 41.2 Å². The number of pyridine rings is 1. The topological polar surface area (TPSA) is 75.9 Å². The minimum atomic E-state index is -0.104. The molecular weight excluding hydrogens is 304 g/mol. The molecule has 7 heteroatoms. The van der Waals surface area contributed by atoms with Crippen LogP contribution in [0.15, 0.2) is 24.5 Å². The Morgan fingerprint density at radius 2 is 2.08 bits per heavy atom. The van der Waals surface area contributed by atoms with E-state index in [0.717, 1.165) is 18.5 Å². The zero-order valence-corrected chi connectivity index (χ0v) is 14.2. The van der Waals surface area contributed by atoms with Crippen molar-refractivity contribution in [3.63, 3.8) is 0 Å². The van der Waals surface area contributed by atoms with Crippen molar-refractivity contribution in [3.05, 3.63) is 35.9 Å². The zero-order valence-electron chi connectivity index (χ0n) is 14.2. The molecule has 24 heavy (non-hydrogen) atoms. The maximum absolute atomic E-state index is 12.9. The highest BCUT2D eigenvalue weighted by molar-refractivity contribution is 5.92. The molecule has 0 spiro atoms. The molecule has 1 amide bonds. The van der Waals surface area contributed by atoms with Crippen LogP contribution in [0.1, 0.15) is 49.4 Å². The van der Waals surface area contributed by atoms with Crippen molar-refractivity contribution in [2.45, 2.75) is 45.8 Å². The molecule has 1 fully saturated rings.